The molecule has 0 spiro atoms. The molecule has 3 rings (SSSR count). The number of carbonyl (C=O) groups excluding carboxylic acids is 1. The predicted octanol–water partition coefficient (Wildman–Crippen LogP) is 4.91. The Kier molecular flexibility index (Phi) is 4.63. The third-order valence-corrected chi connectivity index (χ3v) is 4.34. The van der Waals surface area contributed by atoms with Gasteiger partial charge in [-0.05, 0) is 34.9 Å². The summed E-state index contributed by atoms with van der Waals surface area (Å²) in [7, 11) is 0. The van der Waals surface area contributed by atoms with E-state index in [1.54, 1.807) is 6.07 Å². The molecule has 116 valence electrons. The van der Waals surface area contributed by atoms with E-state index in [1.165, 1.54) is 10.8 Å². The Hall–Kier alpha value is -2.32. The van der Waals surface area contributed by atoms with Crippen LogP contribution in [-0.2, 0) is 11.2 Å². The number of hydrogen-bond donors (Lipinski definition) is 1. The van der Waals surface area contributed by atoms with Crippen LogP contribution in [0, 0.1) is 0 Å². The number of hydrogen-bond acceptors (Lipinski definition) is 1. The van der Waals surface area contributed by atoms with Gasteiger partial charge in [-0.15, -0.1) is 0 Å². The fraction of sp³-hybridized carbons (Fsp3) is 0.150. The van der Waals surface area contributed by atoms with Crippen molar-refractivity contribution >= 4 is 28.3 Å². The summed E-state index contributed by atoms with van der Waals surface area (Å²) in [6.07, 6.45) is 0.286. The third-order valence-electron chi connectivity index (χ3n) is 3.98. The monoisotopic (exact) mass is 323 g/mol. The average Bonchev–Trinajstić information content (AvgIpc) is 2.56. The quantitative estimate of drug-likeness (QED) is 0.726. The molecule has 0 heterocycles. The molecule has 1 atom stereocenters. The topological polar surface area (TPSA) is 29.1 Å². The van der Waals surface area contributed by atoms with Crippen LogP contribution in [0.2, 0.25) is 5.02 Å². The zero-order chi connectivity index (χ0) is 16.2. The molecular weight excluding hydrogens is 306 g/mol. The number of nitrogens with one attached hydrogen (secondary N) is 1. The van der Waals surface area contributed by atoms with Crippen molar-refractivity contribution in [1.82, 2.24) is 5.32 Å². The van der Waals surface area contributed by atoms with E-state index in [1.807, 2.05) is 43.3 Å². The van der Waals surface area contributed by atoms with E-state index < -0.39 is 0 Å². The van der Waals surface area contributed by atoms with Crippen molar-refractivity contribution in [3.8, 4) is 0 Å². The molecule has 1 amide bonds. The maximum absolute atomic E-state index is 12.3. The highest BCUT2D eigenvalue weighted by molar-refractivity contribution is 6.31. The average molecular weight is 324 g/mol. The molecule has 1 N–H and O–H groups in total. The summed E-state index contributed by atoms with van der Waals surface area (Å²) in [6.45, 7) is 2.01. The molecule has 0 saturated carbocycles. The normalized spacial score (nSPS) is 12.1. The highest BCUT2D eigenvalue weighted by Crippen LogP contribution is 2.24. The molecule has 0 aromatic heterocycles. The smallest absolute Gasteiger partial charge is 0.224 e. The van der Waals surface area contributed by atoms with Gasteiger partial charge in [-0.3, -0.25) is 4.79 Å². The van der Waals surface area contributed by atoms with Gasteiger partial charge >= 0.3 is 0 Å². The van der Waals surface area contributed by atoms with Gasteiger partial charge in [0.2, 0.25) is 5.91 Å². The Morgan fingerprint density at radius 2 is 1.70 bits per heavy atom. The summed E-state index contributed by atoms with van der Waals surface area (Å²) in [5.41, 5.74) is 1.97. The van der Waals surface area contributed by atoms with Crippen LogP contribution in [0.4, 0.5) is 0 Å². The summed E-state index contributed by atoms with van der Waals surface area (Å²) < 4.78 is 0. The van der Waals surface area contributed by atoms with Crippen LogP contribution in [0.1, 0.15) is 24.1 Å². The van der Waals surface area contributed by atoms with E-state index in [9.17, 15) is 4.79 Å². The first-order valence-corrected chi connectivity index (χ1v) is 8.03. The van der Waals surface area contributed by atoms with Crippen molar-refractivity contribution in [2.24, 2.45) is 0 Å². The standard InChI is InChI=1S/C20H18ClNO/c1-14(17-11-6-9-15-7-2-4-10-18(15)17)22-20(23)13-16-8-3-5-12-19(16)21/h2-12,14H,13H2,1H3,(H,22,23)/t14-/m1/s1. The lowest BCUT2D eigenvalue weighted by atomic mass is 9.99. The fourth-order valence-electron chi connectivity index (χ4n) is 2.81. The largest absolute Gasteiger partial charge is 0.349 e. The molecular formula is C20H18ClNO. The van der Waals surface area contributed by atoms with Crippen molar-refractivity contribution in [3.63, 3.8) is 0 Å². The maximum Gasteiger partial charge on any atom is 0.224 e. The Bertz CT molecular complexity index is 838. The maximum atomic E-state index is 12.3. The van der Waals surface area contributed by atoms with Gasteiger partial charge in [0.25, 0.3) is 0 Å². The molecule has 23 heavy (non-hydrogen) atoms. The van der Waals surface area contributed by atoms with Crippen molar-refractivity contribution in [2.45, 2.75) is 19.4 Å². The number of amides is 1. The van der Waals surface area contributed by atoms with Gasteiger partial charge in [-0.1, -0.05) is 72.3 Å². The van der Waals surface area contributed by atoms with E-state index in [0.717, 1.165) is 11.1 Å². The van der Waals surface area contributed by atoms with Crippen molar-refractivity contribution in [1.29, 1.82) is 0 Å². The molecule has 0 fully saturated rings. The number of benzene rings is 3. The second kappa shape index (κ2) is 6.84. The highest BCUT2D eigenvalue weighted by atomic mass is 35.5. The van der Waals surface area contributed by atoms with Gasteiger partial charge in [0.05, 0.1) is 12.5 Å². The number of carbonyl (C=O) groups is 1. The van der Waals surface area contributed by atoms with Crippen LogP contribution < -0.4 is 5.32 Å². The first kappa shape index (κ1) is 15.6. The lowest BCUT2D eigenvalue weighted by molar-refractivity contribution is -0.121. The summed E-state index contributed by atoms with van der Waals surface area (Å²) >= 11 is 6.12. The zero-order valence-corrected chi connectivity index (χ0v) is 13.7. The number of halogens is 1. The van der Waals surface area contributed by atoms with Gasteiger partial charge in [0.1, 0.15) is 0 Å². The molecule has 0 radical (unpaired) electrons. The van der Waals surface area contributed by atoms with Crippen LogP contribution in [0.25, 0.3) is 10.8 Å². The first-order chi connectivity index (χ1) is 11.1. The Morgan fingerprint density at radius 1 is 1.00 bits per heavy atom. The van der Waals surface area contributed by atoms with Crippen LogP contribution in [0.5, 0.6) is 0 Å². The fourth-order valence-corrected chi connectivity index (χ4v) is 3.02. The van der Waals surface area contributed by atoms with Crippen molar-refractivity contribution in [3.05, 3.63) is 82.9 Å². The molecule has 3 aromatic carbocycles. The van der Waals surface area contributed by atoms with Crippen LogP contribution in [0.15, 0.2) is 66.7 Å². The van der Waals surface area contributed by atoms with Crippen molar-refractivity contribution < 1.29 is 4.79 Å². The van der Waals surface area contributed by atoms with E-state index >= 15 is 0 Å². The summed E-state index contributed by atoms with van der Waals surface area (Å²) in [6, 6.07) is 21.7. The molecule has 3 aromatic rings. The number of fused-ring (bicyclic) bond motifs is 1. The van der Waals surface area contributed by atoms with Crippen LogP contribution in [-0.4, -0.2) is 5.91 Å². The second-order valence-corrected chi connectivity index (χ2v) is 6.03. The predicted molar refractivity (Wildman–Crippen MR) is 95.7 cm³/mol. The van der Waals surface area contributed by atoms with E-state index in [4.69, 9.17) is 11.6 Å². The lowest BCUT2D eigenvalue weighted by Gasteiger charge is -2.17. The Labute approximate surface area is 141 Å². The lowest BCUT2D eigenvalue weighted by Crippen LogP contribution is -2.28. The second-order valence-electron chi connectivity index (χ2n) is 5.63. The van der Waals surface area contributed by atoms with Gasteiger partial charge in [0.15, 0.2) is 0 Å². The molecule has 0 unspecified atom stereocenters. The summed E-state index contributed by atoms with van der Waals surface area (Å²) in [5.74, 6) is -0.0291. The molecule has 0 aliphatic carbocycles. The Balaban J connectivity index is 1.77. The molecule has 0 bridgehead atoms. The van der Waals surface area contributed by atoms with Gasteiger partial charge in [-0.25, -0.2) is 0 Å². The molecule has 0 saturated heterocycles. The third kappa shape index (κ3) is 3.54. The van der Waals surface area contributed by atoms with E-state index in [2.05, 4.69) is 29.6 Å². The Morgan fingerprint density at radius 3 is 2.52 bits per heavy atom. The highest BCUT2D eigenvalue weighted by Gasteiger charge is 2.13. The van der Waals surface area contributed by atoms with E-state index in [0.29, 0.717) is 5.02 Å². The first-order valence-electron chi connectivity index (χ1n) is 7.65. The van der Waals surface area contributed by atoms with Crippen LogP contribution in [0.3, 0.4) is 0 Å². The molecule has 3 heteroatoms. The molecule has 0 aliphatic rings. The molecule has 2 nitrogen and oxygen atoms in total. The number of rotatable bonds is 4. The van der Waals surface area contributed by atoms with Gasteiger partial charge < -0.3 is 5.32 Å². The minimum Gasteiger partial charge on any atom is -0.349 e. The van der Waals surface area contributed by atoms with Gasteiger partial charge in [0, 0.05) is 5.02 Å². The SMILES string of the molecule is C[C@@H](NC(=O)Cc1ccccc1Cl)c1cccc2ccccc12. The molecule has 0 aliphatic heterocycles. The minimum absolute atomic E-state index is 0.0291. The minimum atomic E-state index is -0.0592. The summed E-state index contributed by atoms with van der Waals surface area (Å²) in [4.78, 5) is 12.3. The van der Waals surface area contributed by atoms with Gasteiger partial charge in [-0.2, -0.15) is 0 Å². The van der Waals surface area contributed by atoms with E-state index in [-0.39, 0.29) is 18.4 Å². The summed E-state index contributed by atoms with van der Waals surface area (Å²) in [5, 5.41) is 6.04. The zero-order valence-electron chi connectivity index (χ0n) is 12.9. The van der Waals surface area contributed by atoms with Crippen molar-refractivity contribution in [2.75, 3.05) is 0 Å². The van der Waals surface area contributed by atoms with Crippen LogP contribution >= 0.6 is 11.6 Å².